The summed E-state index contributed by atoms with van der Waals surface area (Å²) in [5.41, 5.74) is 0.999. The number of amides is 1. The maximum Gasteiger partial charge on any atom is 0.244 e. The van der Waals surface area contributed by atoms with E-state index in [4.69, 9.17) is 4.74 Å². The summed E-state index contributed by atoms with van der Waals surface area (Å²) in [4.78, 5) is 14.3. The van der Waals surface area contributed by atoms with E-state index in [-0.39, 0.29) is 18.1 Å². The van der Waals surface area contributed by atoms with Crippen LogP contribution in [0.15, 0.2) is 34.8 Å². The molecule has 1 fully saturated rings. The van der Waals surface area contributed by atoms with Gasteiger partial charge in [-0.25, -0.2) is 0 Å². The van der Waals surface area contributed by atoms with E-state index in [0.717, 1.165) is 23.1 Å². The number of halogens is 1. The van der Waals surface area contributed by atoms with Crippen LogP contribution in [0.25, 0.3) is 6.08 Å². The molecule has 126 valence electrons. The van der Waals surface area contributed by atoms with Crippen molar-refractivity contribution in [2.75, 3.05) is 19.6 Å². The fourth-order valence-corrected chi connectivity index (χ4v) is 3.21. The van der Waals surface area contributed by atoms with Gasteiger partial charge in [-0.2, -0.15) is 0 Å². The maximum atomic E-state index is 12.0. The van der Waals surface area contributed by atoms with Gasteiger partial charge in [-0.3, -0.25) is 9.69 Å². The lowest BCUT2D eigenvalue weighted by Crippen LogP contribution is -2.52. The first-order valence-electron chi connectivity index (χ1n) is 8.05. The van der Waals surface area contributed by atoms with E-state index in [2.05, 4.69) is 46.9 Å². The molecule has 1 aromatic carbocycles. The number of ether oxygens (including phenoxy) is 1. The molecule has 0 unspecified atom stereocenters. The Morgan fingerprint density at radius 3 is 2.78 bits per heavy atom. The van der Waals surface area contributed by atoms with Crippen LogP contribution in [-0.4, -0.2) is 48.7 Å². The number of rotatable bonds is 5. The topological polar surface area (TPSA) is 41.6 Å². The zero-order valence-corrected chi connectivity index (χ0v) is 15.5. The van der Waals surface area contributed by atoms with Gasteiger partial charge in [0.25, 0.3) is 0 Å². The van der Waals surface area contributed by atoms with Crippen molar-refractivity contribution >= 4 is 27.9 Å². The number of morpholine rings is 1. The van der Waals surface area contributed by atoms with E-state index in [1.807, 2.05) is 30.3 Å². The molecule has 3 atom stereocenters. The Morgan fingerprint density at radius 1 is 1.43 bits per heavy atom. The Kier molecular flexibility index (Phi) is 6.81. The van der Waals surface area contributed by atoms with E-state index < -0.39 is 0 Å². The molecule has 5 heteroatoms. The lowest BCUT2D eigenvalue weighted by atomic mass is 10.1. The van der Waals surface area contributed by atoms with E-state index in [9.17, 15) is 4.79 Å². The van der Waals surface area contributed by atoms with E-state index in [1.165, 1.54) is 0 Å². The van der Waals surface area contributed by atoms with Gasteiger partial charge in [0.05, 0.1) is 12.2 Å². The fraction of sp³-hybridized carbons (Fsp3) is 0.500. The lowest BCUT2D eigenvalue weighted by molar-refractivity contribution is -0.117. The minimum absolute atomic E-state index is 0.0637. The number of benzene rings is 1. The largest absolute Gasteiger partial charge is 0.373 e. The SMILES string of the molecule is C[C@@H]1CN([C@H](C)CNC(=O)/C=C/c2cccc(Br)c2)C[C@@H](C)O1. The van der Waals surface area contributed by atoms with E-state index in [1.54, 1.807) is 6.08 Å². The quantitative estimate of drug-likeness (QED) is 0.798. The van der Waals surface area contributed by atoms with Crippen molar-refractivity contribution in [3.63, 3.8) is 0 Å². The summed E-state index contributed by atoms with van der Waals surface area (Å²) in [7, 11) is 0. The predicted octanol–water partition coefficient (Wildman–Crippen LogP) is 3.08. The second-order valence-electron chi connectivity index (χ2n) is 6.19. The lowest BCUT2D eigenvalue weighted by Gasteiger charge is -2.38. The van der Waals surface area contributed by atoms with Gasteiger partial charge >= 0.3 is 0 Å². The van der Waals surface area contributed by atoms with Gasteiger partial charge in [-0.15, -0.1) is 0 Å². The molecule has 0 bridgehead atoms. The molecule has 2 rings (SSSR count). The highest BCUT2D eigenvalue weighted by Crippen LogP contribution is 2.14. The normalized spacial score (nSPS) is 23.8. The van der Waals surface area contributed by atoms with Crippen LogP contribution in [0.3, 0.4) is 0 Å². The van der Waals surface area contributed by atoms with Crippen LogP contribution in [0.4, 0.5) is 0 Å². The van der Waals surface area contributed by atoms with Gasteiger partial charge in [0.2, 0.25) is 5.91 Å². The molecule has 1 aromatic rings. The zero-order valence-electron chi connectivity index (χ0n) is 14.0. The molecule has 0 aromatic heterocycles. The number of nitrogens with zero attached hydrogens (tertiary/aromatic N) is 1. The molecule has 0 aliphatic carbocycles. The van der Waals surface area contributed by atoms with Crippen molar-refractivity contribution in [3.05, 3.63) is 40.4 Å². The highest BCUT2D eigenvalue weighted by atomic mass is 79.9. The molecule has 1 heterocycles. The third-order valence-electron chi connectivity index (χ3n) is 3.92. The molecular formula is C18H25BrN2O2. The summed E-state index contributed by atoms with van der Waals surface area (Å²) in [6.45, 7) is 8.79. The molecule has 1 N–H and O–H groups in total. The first-order chi connectivity index (χ1) is 10.9. The van der Waals surface area contributed by atoms with Crippen molar-refractivity contribution in [2.24, 2.45) is 0 Å². The number of hydrogen-bond acceptors (Lipinski definition) is 3. The maximum absolute atomic E-state index is 12.0. The van der Waals surface area contributed by atoms with Crippen molar-refractivity contribution in [2.45, 2.75) is 39.0 Å². The minimum Gasteiger partial charge on any atom is -0.373 e. The summed E-state index contributed by atoms with van der Waals surface area (Å²) in [6, 6.07) is 8.15. The summed E-state index contributed by atoms with van der Waals surface area (Å²) < 4.78 is 6.75. The van der Waals surface area contributed by atoms with Gasteiger partial charge in [0, 0.05) is 36.2 Å². The number of carbonyl (C=O) groups excluding carboxylic acids is 1. The average molecular weight is 381 g/mol. The van der Waals surface area contributed by atoms with Crippen molar-refractivity contribution in [3.8, 4) is 0 Å². The average Bonchev–Trinajstić information content (AvgIpc) is 2.49. The first kappa shape index (κ1) is 18.2. The molecule has 4 nitrogen and oxygen atoms in total. The van der Waals surface area contributed by atoms with E-state index >= 15 is 0 Å². The minimum atomic E-state index is -0.0637. The van der Waals surface area contributed by atoms with Crippen LogP contribution < -0.4 is 5.32 Å². The van der Waals surface area contributed by atoms with Crippen molar-refractivity contribution in [1.82, 2.24) is 10.2 Å². The zero-order chi connectivity index (χ0) is 16.8. The molecule has 1 amide bonds. The molecule has 1 aliphatic rings. The highest BCUT2D eigenvalue weighted by Gasteiger charge is 2.25. The number of hydrogen-bond donors (Lipinski definition) is 1. The summed E-state index contributed by atoms with van der Waals surface area (Å²) in [5.74, 6) is -0.0637. The molecule has 0 radical (unpaired) electrons. The van der Waals surface area contributed by atoms with E-state index in [0.29, 0.717) is 12.6 Å². The van der Waals surface area contributed by atoms with Crippen LogP contribution in [-0.2, 0) is 9.53 Å². The number of carbonyl (C=O) groups is 1. The Balaban J connectivity index is 1.79. The standard InChI is InChI=1S/C18H25BrN2O2/c1-13(21-11-14(2)23-15(3)12-21)10-20-18(22)8-7-16-5-4-6-17(19)9-16/h4-9,13-15H,10-12H2,1-3H3,(H,20,22)/b8-7+/t13-,14-,15-/m1/s1. The highest BCUT2D eigenvalue weighted by molar-refractivity contribution is 9.10. The number of nitrogens with one attached hydrogen (secondary N) is 1. The third kappa shape index (κ3) is 6.09. The summed E-state index contributed by atoms with van der Waals surface area (Å²) >= 11 is 3.42. The molecule has 0 spiro atoms. The first-order valence-corrected chi connectivity index (χ1v) is 8.84. The van der Waals surface area contributed by atoms with Gasteiger partial charge < -0.3 is 10.1 Å². The van der Waals surface area contributed by atoms with Crippen LogP contribution in [0.1, 0.15) is 26.3 Å². The third-order valence-corrected chi connectivity index (χ3v) is 4.41. The Morgan fingerprint density at radius 2 is 2.13 bits per heavy atom. The Bertz CT molecular complexity index is 552. The van der Waals surface area contributed by atoms with Crippen LogP contribution >= 0.6 is 15.9 Å². The molecule has 1 saturated heterocycles. The predicted molar refractivity (Wildman–Crippen MR) is 97.2 cm³/mol. The summed E-state index contributed by atoms with van der Waals surface area (Å²) in [6.07, 6.45) is 3.89. The molecular weight excluding hydrogens is 356 g/mol. The summed E-state index contributed by atoms with van der Waals surface area (Å²) in [5, 5.41) is 2.97. The Labute approximate surface area is 147 Å². The van der Waals surface area contributed by atoms with Crippen molar-refractivity contribution in [1.29, 1.82) is 0 Å². The monoisotopic (exact) mass is 380 g/mol. The van der Waals surface area contributed by atoms with Crippen LogP contribution in [0, 0.1) is 0 Å². The van der Waals surface area contributed by atoms with Gasteiger partial charge in [-0.05, 0) is 44.5 Å². The second kappa shape index (κ2) is 8.62. The molecule has 0 saturated carbocycles. The Hall–Kier alpha value is -1.17. The fourth-order valence-electron chi connectivity index (χ4n) is 2.80. The smallest absolute Gasteiger partial charge is 0.244 e. The molecule has 1 aliphatic heterocycles. The van der Waals surface area contributed by atoms with Gasteiger partial charge in [0.1, 0.15) is 0 Å². The van der Waals surface area contributed by atoms with Gasteiger partial charge in [0.15, 0.2) is 0 Å². The van der Waals surface area contributed by atoms with Gasteiger partial charge in [-0.1, -0.05) is 28.1 Å². The van der Waals surface area contributed by atoms with Crippen molar-refractivity contribution < 1.29 is 9.53 Å². The van der Waals surface area contributed by atoms with Crippen LogP contribution in [0.5, 0.6) is 0 Å². The van der Waals surface area contributed by atoms with Crippen LogP contribution in [0.2, 0.25) is 0 Å². The second-order valence-corrected chi connectivity index (χ2v) is 7.11. The molecule has 23 heavy (non-hydrogen) atoms.